The molecule has 7 heteroatoms. The largest absolute Gasteiger partial charge is 0.497 e. The summed E-state index contributed by atoms with van der Waals surface area (Å²) in [7, 11) is 3.19. The number of benzene rings is 1. The van der Waals surface area contributed by atoms with Gasteiger partial charge in [0.25, 0.3) is 0 Å². The Morgan fingerprint density at radius 1 is 1.23 bits per heavy atom. The lowest BCUT2D eigenvalue weighted by molar-refractivity contribution is -0.130. The molecule has 0 saturated carbocycles. The normalized spacial score (nSPS) is 15.8. The van der Waals surface area contributed by atoms with Crippen molar-refractivity contribution in [1.82, 2.24) is 15.5 Å². The molecule has 2 N–H and O–H groups in total. The van der Waals surface area contributed by atoms with Gasteiger partial charge >= 0.3 is 6.03 Å². The third-order valence-electron chi connectivity index (χ3n) is 4.59. The van der Waals surface area contributed by atoms with Gasteiger partial charge in [0, 0.05) is 31.6 Å². The van der Waals surface area contributed by atoms with Crippen molar-refractivity contribution in [3.8, 4) is 11.5 Å². The van der Waals surface area contributed by atoms with Crippen LogP contribution in [0.2, 0.25) is 0 Å². The lowest BCUT2D eigenvalue weighted by atomic mass is 10.1. The van der Waals surface area contributed by atoms with Gasteiger partial charge in [0.2, 0.25) is 5.91 Å². The maximum absolute atomic E-state index is 12.2. The molecule has 1 aromatic carbocycles. The fourth-order valence-electron chi connectivity index (χ4n) is 3.08. The molecule has 1 aliphatic rings. The molecule has 2 rings (SSSR count). The summed E-state index contributed by atoms with van der Waals surface area (Å²) >= 11 is 0. The number of hydrogen-bond acceptors (Lipinski definition) is 4. The highest BCUT2D eigenvalue weighted by molar-refractivity contribution is 5.77. The molecule has 0 aromatic heterocycles. The second-order valence-electron chi connectivity index (χ2n) is 6.42. The number of ether oxygens (including phenoxy) is 2. The average Bonchev–Trinajstić information content (AvgIpc) is 2.85. The molecule has 1 aromatic rings. The highest BCUT2D eigenvalue weighted by atomic mass is 16.5. The third-order valence-corrected chi connectivity index (χ3v) is 4.59. The van der Waals surface area contributed by atoms with Crippen LogP contribution in [0, 0.1) is 0 Å². The molecular weight excluding hydrogens is 334 g/mol. The van der Waals surface area contributed by atoms with E-state index in [-0.39, 0.29) is 18.0 Å². The number of amides is 3. The molecule has 1 atom stereocenters. The SMILES string of the molecule is COc1ccc(OC)c([C@H](C)NC(=O)NCCN2CCCCCC2=O)c1. The van der Waals surface area contributed by atoms with Crippen molar-refractivity contribution in [3.63, 3.8) is 0 Å². The summed E-state index contributed by atoms with van der Waals surface area (Å²) in [5.74, 6) is 1.57. The number of carbonyl (C=O) groups excluding carboxylic acids is 2. The van der Waals surface area contributed by atoms with Crippen molar-refractivity contribution in [2.75, 3.05) is 33.9 Å². The van der Waals surface area contributed by atoms with Gasteiger partial charge in [-0.1, -0.05) is 6.42 Å². The van der Waals surface area contributed by atoms with Crippen LogP contribution in [0.15, 0.2) is 18.2 Å². The molecule has 144 valence electrons. The van der Waals surface area contributed by atoms with Gasteiger partial charge in [0.15, 0.2) is 0 Å². The van der Waals surface area contributed by atoms with E-state index in [0.717, 1.165) is 31.4 Å². The quantitative estimate of drug-likeness (QED) is 0.780. The summed E-state index contributed by atoms with van der Waals surface area (Å²) in [5, 5.41) is 5.72. The minimum atomic E-state index is -0.273. The standard InChI is InChI=1S/C19H29N3O4/c1-14(16-13-15(25-2)8-9-17(16)26-3)21-19(24)20-10-12-22-11-6-4-5-7-18(22)23/h8-9,13-14H,4-7,10-12H2,1-3H3,(H2,20,21,24)/t14-/m0/s1. The molecule has 1 heterocycles. The minimum absolute atomic E-state index is 0.180. The Morgan fingerprint density at radius 2 is 2.04 bits per heavy atom. The molecule has 0 bridgehead atoms. The van der Waals surface area contributed by atoms with E-state index in [1.165, 1.54) is 0 Å². The molecule has 7 nitrogen and oxygen atoms in total. The molecule has 26 heavy (non-hydrogen) atoms. The number of nitrogens with one attached hydrogen (secondary N) is 2. The van der Waals surface area contributed by atoms with Crippen LogP contribution in [-0.2, 0) is 4.79 Å². The number of likely N-dealkylation sites (tertiary alicyclic amines) is 1. The molecule has 0 radical (unpaired) electrons. The molecule has 1 saturated heterocycles. The zero-order valence-corrected chi connectivity index (χ0v) is 15.8. The van der Waals surface area contributed by atoms with Crippen molar-refractivity contribution in [2.45, 2.75) is 38.6 Å². The summed E-state index contributed by atoms with van der Waals surface area (Å²) in [6.07, 6.45) is 3.70. The predicted octanol–water partition coefficient (Wildman–Crippen LogP) is 2.47. The average molecular weight is 363 g/mol. The predicted molar refractivity (Wildman–Crippen MR) is 99.5 cm³/mol. The van der Waals surface area contributed by atoms with Crippen LogP contribution in [0.5, 0.6) is 11.5 Å². The monoisotopic (exact) mass is 363 g/mol. The fraction of sp³-hybridized carbons (Fsp3) is 0.579. The van der Waals surface area contributed by atoms with Crippen LogP contribution >= 0.6 is 0 Å². The Morgan fingerprint density at radius 3 is 2.77 bits per heavy atom. The number of urea groups is 1. The van der Waals surface area contributed by atoms with Crippen molar-refractivity contribution >= 4 is 11.9 Å². The van der Waals surface area contributed by atoms with E-state index < -0.39 is 0 Å². The fourth-order valence-corrected chi connectivity index (χ4v) is 3.08. The molecule has 3 amide bonds. The van der Waals surface area contributed by atoms with E-state index in [4.69, 9.17) is 9.47 Å². The number of nitrogens with zero attached hydrogens (tertiary/aromatic N) is 1. The first-order valence-electron chi connectivity index (χ1n) is 9.09. The Balaban J connectivity index is 1.84. The van der Waals surface area contributed by atoms with E-state index in [9.17, 15) is 9.59 Å². The van der Waals surface area contributed by atoms with E-state index in [1.54, 1.807) is 14.2 Å². The molecule has 0 aliphatic carbocycles. The number of rotatable bonds is 7. The summed E-state index contributed by atoms with van der Waals surface area (Å²) in [6.45, 7) is 3.64. The van der Waals surface area contributed by atoms with Crippen molar-refractivity contribution in [2.24, 2.45) is 0 Å². The van der Waals surface area contributed by atoms with Gasteiger partial charge in [-0.25, -0.2) is 4.79 Å². The molecule has 0 unspecified atom stereocenters. The van der Waals surface area contributed by atoms with Crippen molar-refractivity contribution < 1.29 is 19.1 Å². The van der Waals surface area contributed by atoms with Crippen LogP contribution < -0.4 is 20.1 Å². The number of carbonyl (C=O) groups is 2. The molecule has 1 fully saturated rings. The second-order valence-corrected chi connectivity index (χ2v) is 6.42. The second kappa shape index (κ2) is 9.89. The van der Waals surface area contributed by atoms with Crippen LogP contribution in [0.3, 0.4) is 0 Å². The van der Waals surface area contributed by atoms with Gasteiger partial charge in [-0.15, -0.1) is 0 Å². The number of hydrogen-bond donors (Lipinski definition) is 2. The highest BCUT2D eigenvalue weighted by Gasteiger charge is 2.17. The maximum atomic E-state index is 12.2. The lowest BCUT2D eigenvalue weighted by Crippen LogP contribution is -2.42. The van der Waals surface area contributed by atoms with E-state index >= 15 is 0 Å². The van der Waals surface area contributed by atoms with Gasteiger partial charge in [-0.3, -0.25) is 4.79 Å². The Labute approximate surface area is 155 Å². The third kappa shape index (κ3) is 5.54. The highest BCUT2D eigenvalue weighted by Crippen LogP contribution is 2.29. The molecule has 1 aliphatic heterocycles. The van der Waals surface area contributed by atoms with E-state index in [0.29, 0.717) is 31.0 Å². The lowest BCUT2D eigenvalue weighted by Gasteiger charge is -2.22. The van der Waals surface area contributed by atoms with Gasteiger partial charge in [0.05, 0.1) is 20.3 Å². The summed E-state index contributed by atoms with van der Waals surface area (Å²) in [6, 6.07) is 4.95. The summed E-state index contributed by atoms with van der Waals surface area (Å²) in [5.41, 5.74) is 0.838. The van der Waals surface area contributed by atoms with Crippen LogP contribution in [-0.4, -0.2) is 50.7 Å². The van der Waals surface area contributed by atoms with E-state index in [2.05, 4.69) is 10.6 Å². The zero-order valence-electron chi connectivity index (χ0n) is 15.8. The summed E-state index contributed by atoms with van der Waals surface area (Å²) in [4.78, 5) is 26.0. The van der Waals surface area contributed by atoms with Crippen LogP contribution in [0.1, 0.15) is 44.2 Å². The van der Waals surface area contributed by atoms with Crippen molar-refractivity contribution in [3.05, 3.63) is 23.8 Å². The first-order valence-corrected chi connectivity index (χ1v) is 9.09. The molecular formula is C19H29N3O4. The topological polar surface area (TPSA) is 79.9 Å². The number of methoxy groups -OCH3 is 2. The van der Waals surface area contributed by atoms with Gasteiger partial charge in [-0.2, -0.15) is 0 Å². The van der Waals surface area contributed by atoms with Crippen molar-refractivity contribution in [1.29, 1.82) is 0 Å². The summed E-state index contributed by atoms with van der Waals surface area (Å²) < 4.78 is 10.6. The maximum Gasteiger partial charge on any atom is 0.315 e. The van der Waals surface area contributed by atoms with Gasteiger partial charge in [0.1, 0.15) is 11.5 Å². The first kappa shape index (κ1) is 19.9. The van der Waals surface area contributed by atoms with Gasteiger partial charge < -0.3 is 25.0 Å². The zero-order chi connectivity index (χ0) is 18.9. The first-order chi connectivity index (χ1) is 12.5. The van der Waals surface area contributed by atoms with Gasteiger partial charge in [-0.05, 0) is 38.0 Å². The smallest absolute Gasteiger partial charge is 0.315 e. The van der Waals surface area contributed by atoms with Crippen LogP contribution in [0.4, 0.5) is 4.79 Å². The Hall–Kier alpha value is -2.44. The Bertz CT molecular complexity index is 621. The van der Waals surface area contributed by atoms with E-state index in [1.807, 2.05) is 30.0 Å². The minimum Gasteiger partial charge on any atom is -0.497 e. The Kier molecular flexibility index (Phi) is 7.56. The van der Waals surface area contributed by atoms with Crippen LogP contribution in [0.25, 0.3) is 0 Å². The molecule has 0 spiro atoms.